The zero-order valence-corrected chi connectivity index (χ0v) is 19.3. The predicted octanol–water partition coefficient (Wildman–Crippen LogP) is 3.02. The van der Waals surface area contributed by atoms with Crippen LogP contribution in [0.3, 0.4) is 0 Å². The molecule has 4 N–H and O–H groups in total. The van der Waals surface area contributed by atoms with Crippen molar-refractivity contribution in [2.24, 2.45) is 0 Å². The molecular weight excluding hydrogens is 472 g/mol. The van der Waals surface area contributed by atoms with Crippen molar-refractivity contribution in [2.75, 3.05) is 0 Å². The molecule has 1 heterocycles. The smallest absolute Gasteiger partial charge is 0.305 e. The minimum absolute atomic E-state index is 0.119. The first-order valence-corrected chi connectivity index (χ1v) is 11.3. The van der Waals surface area contributed by atoms with Gasteiger partial charge in [0.25, 0.3) is 0 Å². The van der Waals surface area contributed by atoms with Gasteiger partial charge in [-0.15, -0.1) is 0 Å². The molecule has 0 bridgehead atoms. The number of hydrazine groups is 2. The molecule has 2 aromatic carbocycles. The first-order chi connectivity index (χ1) is 18.0. The molecule has 2 amide bonds. The monoisotopic (exact) mass is 492 g/mol. The summed E-state index contributed by atoms with van der Waals surface area (Å²) in [6.07, 6.45) is 9.18. The van der Waals surface area contributed by atoms with Gasteiger partial charge in [-0.1, -0.05) is 60.7 Å². The van der Waals surface area contributed by atoms with E-state index >= 15 is 0 Å². The lowest BCUT2D eigenvalue weighted by molar-refractivity contribution is -0.110. The fourth-order valence-corrected chi connectivity index (χ4v) is 3.90. The van der Waals surface area contributed by atoms with Crippen molar-refractivity contribution >= 4 is 46.7 Å². The Bertz CT molecular complexity index is 1440. The molecule has 0 saturated carbocycles. The Hall–Kier alpha value is -5.44. The summed E-state index contributed by atoms with van der Waals surface area (Å²) in [6, 6.07) is 17.5. The fraction of sp³-hybridized carbons (Fsp3) is 0. The van der Waals surface area contributed by atoms with E-state index in [1.807, 2.05) is 48.5 Å². The Morgan fingerprint density at radius 1 is 0.595 bits per heavy atom. The second kappa shape index (κ2) is 10.0. The third-order valence-corrected chi connectivity index (χ3v) is 5.72. The van der Waals surface area contributed by atoms with Crippen LogP contribution in [0.2, 0.25) is 0 Å². The predicted molar refractivity (Wildman–Crippen MR) is 137 cm³/mol. The van der Waals surface area contributed by atoms with Crippen molar-refractivity contribution in [3.63, 3.8) is 0 Å². The van der Waals surface area contributed by atoms with Gasteiger partial charge in [0, 0.05) is 23.5 Å². The molecule has 5 rings (SSSR count). The van der Waals surface area contributed by atoms with Crippen molar-refractivity contribution in [1.29, 1.82) is 0 Å². The summed E-state index contributed by atoms with van der Waals surface area (Å²) in [5, 5.41) is 0. The maximum absolute atomic E-state index is 12.4. The summed E-state index contributed by atoms with van der Waals surface area (Å²) in [6.45, 7) is 0. The van der Waals surface area contributed by atoms with Gasteiger partial charge in [0.1, 0.15) is 0 Å². The summed E-state index contributed by atoms with van der Waals surface area (Å²) < 4.78 is 5.35. The van der Waals surface area contributed by atoms with Gasteiger partial charge in [0.2, 0.25) is 0 Å². The number of benzene rings is 2. The quantitative estimate of drug-likeness (QED) is 0.307. The van der Waals surface area contributed by atoms with Crippen molar-refractivity contribution in [2.45, 2.75) is 0 Å². The largest absolute Gasteiger partial charge is 0.446 e. The number of ketones is 2. The van der Waals surface area contributed by atoms with Gasteiger partial charge in [0.05, 0.1) is 0 Å². The molecule has 37 heavy (non-hydrogen) atoms. The molecule has 0 aliphatic heterocycles. The van der Waals surface area contributed by atoms with E-state index in [0.29, 0.717) is 11.1 Å². The lowest BCUT2D eigenvalue weighted by Gasteiger charge is -2.13. The second-order valence-corrected chi connectivity index (χ2v) is 8.05. The van der Waals surface area contributed by atoms with Crippen LogP contribution in [0.5, 0.6) is 0 Å². The normalized spacial score (nSPS) is 15.8. The average molecular weight is 492 g/mol. The van der Waals surface area contributed by atoms with Gasteiger partial charge >= 0.3 is 11.8 Å². The van der Waals surface area contributed by atoms with Gasteiger partial charge in [-0.05, 0) is 46.5 Å². The Morgan fingerprint density at radius 2 is 1.03 bits per heavy atom. The summed E-state index contributed by atoms with van der Waals surface area (Å²) in [5.41, 5.74) is 14.1. The number of allylic oxidation sites excluding steroid dienone is 4. The van der Waals surface area contributed by atoms with Gasteiger partial charge in [0.15, 0.2) is 23.1 Å². The maximum Gasteiger partial charge on any atom is 0.305 e. The van der Waals surface area contributed by atoms with Crippen LogP contribution in [0.15, 0.2) is 89.6 Å². The van der Waals surface area contributed by atoms with Gasteiger partial charge in [-0.25, -0.2) is 0 Å². The highest BCUT2D eigenvalue weighted by Crippen LogP contribution is 2.26. The molecule has 9 heteroatoms. The van der Waals surface area contributed by atoms with E-state index in [1.165, 1.54) is 36.7 Å². The lowest BCUT2D eigenvalue weighted by atomic mass is 9.92. The van der Waals surface area contributed by atoms with Crippen LogP contribution < -0.4 is 21.7 Å². The summed E-state index contributed by atoms with van der Waals surface area (Å²) in [7, 11) is 0. The Balaban J connectivity index is 1.18. The lowest BCUT2D eigenvalue weighted by Crippen LogP contribution is -2.34. The van der Waals surface area contributed by atoms with E-state index in [1.54, 1.807) is 12.2 Å². The first-order valence-electron chi connectivity index (χ1n) is 11.3. The Labute approximate surface area is 211 Å². The third-order valence-electron chi connectivity index (χ3n) is 5.72. The fourth-order valence-electron chi connectivity index (χ4n) is 3.90. The minimum atomic E-state index is -0.644. The molecule has 0 saturated heterocycles. The number of amides is 2. The van der Waals surface area contributed by atoms with E-state index in [0.717, 1.165) is 22.3 Å². The van der Waals surface area contributed by atoms with E-state index in [4.69, 9.17) is 4.42 Å². The highest BCUT2D eigenvalue weighted by Gasteiger charge is 2.19. The van der Waals surface area contributed by atoms with Crippen molar-refractivity contribution < 1.29 is 23.6 Å². The summed E-state index contributed by atoms with van der Waals surface area (Å²) in [4.78, 5) is 49.3. The molecule has 0 radical (unpaired) electrons. The van der Waals surface area contributed by atoms with Crippen molar-refractivity contribution in [3.8, 4) is 0 Å². The number of hydrogen-bond donors (Lipinski definition) is 4. The molecular formula is C28H20N4O5. The van der Waals surface area contributed by atoms with Crippen LogP contribution in [0.1, 0.15) is 43.4 Å². The van der Waals surface area contributed by atoms with E-state index in [9.17, 15) is 19.2 Å². The standard InChI is InChI=1S/C28H20N4O5/c33-23-11-9-17-5-1-3-7-19(17)21(23)15-29-31-27(35)25-13-14-26(37-25)28(36)32-30-16-22-20-8-4-2-6-18(20)10-12-24(22)34/h1-16,29-30H,(H,31,35)(H,32,36). The topological polar surface area (TPSA) is 130 Å². The number of hydrogen-bond acceptors (Lipinski definition) is 7. The van der Waals surface area contributed by atoms with E-state index in [-0.39, 0.29) is 23.1 Å². The number of carbonyl (C=O) groups excluding carboxylic acids is 4. The van der Waals surface area contributed by atoms with Crippen LogP contribution >= 0.6 is 0 Å². The number of rotatable bonds is 6. The van der Waals surface area contributed by atoms with Gasteiger partial charge < -0.3 is 15.3 Å². The molecule has 0 unspecified atom stereocenters. The van der Waals surface area contributed by atoms with Crippen LogP contribution in [-0.4, -0.2) is 23.4 Å². The van der Waals surface area contributed by atoms with Gasteiger partial charge in [-0.3, -0.25) is 30.0 Å². The third kappa shape index (κ3) is 4.87. The van der Waals surface area contributed by atoms with Crippen LogP contribution in [0.4, 0.5) is 0 Å². The molecule has 9 nitrogen and oxygen atoms in total. The van der Waals surface area contributed by atoms with Crippen molar-refractivity contribution in [3.05, 3.63) is 119 Å². The molecule has 0 atom stereocenters. The van der Waals surface area contributed by atoms with Crippen molar-refractivity contribution in [1.82, 2.24) is 21.7 Å². The minimum Gasteiger partial charge on any atom is -0.446 e. The molecule has 3 aromatic rings. The highest BCUT2D eigenvalue weighted by atomic mass is 16.4. The van der Waals surface area contributed by atoms with Gasteiger partial charge in [-0.2, -0.15) is 0 Å². The number of furan rings is 1. The number of carbonyl (C=O) groups is 4. The maximum atomic E-state index is 12.4. The zero-order chi connectivity index (χ0) is 25.8. The SMILES string of the molecule is O=C1C=Cc2ccccc2C1=CNNC(=O)c1ccc(C(=O)NNC=C2C(=O)C=Cc3ccccc32)o1. The molecule has 0 fully saturated rings. The van der Waals surface area contributed by atoms with Crippen LogP contribution in [-0.2, 0) is 9.59 Å². The average Bonchev–Trinajstić information content (AvgIpc) is 3.42. The first kappa shape index (κ1) is 23.3. The molecule has 2 aliphatic rings. The number of nitrogens with one attached hydrogen (secondary N) is 4. The zero-order valence-electron chi connectivity index (χ0n) is 19.3. The molecule has 182 valence electrons. The van der Waals surface area contributed by atoms with E-state index < -0.39 is 11.8 Å². The summed E-state index contributed by atoms with van der Waals surface area (Å²) in [5.74, 6) is -1.93. The van der Waals surface area contributed by atoms with Crippen LogP contribution in [0, 0.1) is 0 Å². The van der Waals surface area contributed by atoms with Crippen LogP contribution in [0.25, 0.3) is 23.3 Å². The molecule has 2 aliphatic carbocycles. The molecule has 1 aromatic heterocycles. The summed E-state index contributed by atoms with van der Waals surface area (Å²) >= 11 is 0. The highest BCUT2D eigenvalue weighted by molar-refractivity contribution is 6.30. The van der Waals surface area contributed by atoms with E-state index in [2.05, 4.69) is 21.7 Å². The Morgan fingerprint density at radius 3 is 1.49 bits per heavy atom. The second-order valence-electron chi connectivity index (χ2n) is 8.05. The molecule has 0 spiro atoms. The number of fused-ring (bicyclic) bond motifs is 2. The Kier molecular flexibility index (Phi) is 6.33.